The number of rotatable bonds is 6. The van der Waals surface area contributed by atoms with Crippen molar-refractivity contribution in [3.8, 4) is 17.3 Å². The first-order chi connectivity index (χ1) is 16.2. The summed E-state index contributed by atoms with van der Waals surface area (Å²) in [7, 11) is -2.86. The first kappa shape index (κ1) is 25.8. The van der Waals surface area contributed by atoms with E-state index in [-0.39, 0.29) is 44.6 Å². The predicted octanol–water partition coefficient (Wildman–Crippen LogP) is 4.20. The van der Waals surface area contributed by atoms with Crippen molar-refractivity contribution in [1.82, 2.24) is 15.1 Å². The lowest BCUT2D eigenvalue weighted by molar-refractivity contribution is 0.0901. The molecular weight excluding hydrogens is 476 g/mol. The lowest BCUT2D eigenvalue weighted by atomic mass is 9.88. The smallest absolute Gasteiger partial charge is 0.271 e. The number of anilines is 1. The summed E-state index contributed by atoms with van der Waals surface area (Å²) < 4.78 is 58.0. The number of carbonyl (C=O) groups excluding carboxylic acids is 1. The number of aryl methyl sites for hydroxylation is 1. The SMILES string of the molecule is C[C@H](NC(=O)c1c(NS(=O)(=O)c2ccc(C#N)cc2)c(-c2ccc(F)cc2F)nn1C)C(C)(C)C. The number of aromatic nitrogens is 2. The molecule has 35 heavy (non-hydrogen) atoms. The van der Waals surface area contributed by atoms with E-state index in [2.05, 4.69) is 15.1 Å². The quantitative estimate of drug-likeness (QED) is 0.525. The molecule has 3 rings (SSSR count). The molecule has 3 aromatic rings. The van der Waals surface area contributed by atoms with Crippen LogP contribution in [0.4, 0.5) is 14.5 Å². The van der Waals surface area contributed by atoms with Crippen molar-refractivity contribution in [2.75, 3.05) is 4.72 Å². The van der Waals surface area contributed by atoms with E-state index in [1.54, 1.807) is 6.92 Å². The Morgan fingerprint density at radius 3 is 2.31 bits per heavy atom. The van der Waals surface area contributed by atoms with Gasteiger partial charge >= 0.3 is 0 Å². The number of amides is 1. The molecule has 1 amide bonds. The number of nitrogens with zero attached hydrogens (tertiary/aromatic N) is 3. The van der Waals surface area contributed by atoms with E-state index in [0.717, 1.165) is 16.8 Å². The summed E-state index contributed by atoms with van der Waals surface area (Å²) in [6.07, 6.45) is 0. The molecule has 1 heterocycles. The molecule has 0 spiro atoms. The Hall–Kier alpha value is -3.78. The molecule has 1 atom stereocenters. The second-order valence-corrected chi connectivity index (χ2v) is 10.8. The molecule has 0 saturated carbocycles. The number of nitriles is 1. The summed E-state index contributed by atoms with van der Waals surface area (Å²) in [5.74, 6) is -2.43. The number of benzene rings is 2. The Kier molecular flexibility index (Phi) is 6.98. The Morgan fingerprint density at radius 2 is 1.77 bits per heavy atom. The van der Waals surface area contributed by atoms with Crippen LogP contribution in [-0.4, -0.2) is 30.1 Å². The topological polar surface area (TPSA) is 117 Å². The van der Waals surface area contributed by atoms with Crippen LogP contribution in [0.2, 0.25) is 0 Å². The average Bonchev–Trinajstić information content (AvgIpc) is 3.07. The van der Waals surface area contributed by atoms with Crippen molar-refractivity contribution in [2.24, 2.45) is 12.5 Å². The fourth-order valence-electron chi connectivity index (χ4n) is 3.13. The van der Waals surface area contributed by atoms with Crippen molar-refractivity contribution in [2.45, 2.75) is 38.6 Å². The number of carbonyl (C=O) groups is 1. The molecule has 0 aliphatic rings. The normalized spacial score (nSPS) is 12.6. The summed E-state index contributed by atoms with van der Waals surface area (Å²) in [4.78, 5) is 13.1. The van der Waals surface area contributed by atoms with Crippen LogP contribution in [0.5, 0.6) is 0 Å². The average molecular weight is 502 g/mol. The van der Waals surface area contributed by atoms with Gasteiger partial charge in [0.1, 0.15) is 23.0 Å². The second-order valence-electron chi connectivity index (χ2n) is 9.12. The van der Waals surface area contributed by atoms with E-state index in [4.69, 9.17) is 5.26 Å². The van der Waals surface area contributed by atoms with Gasteiger partial charge in [-0.25, -0.2) is 17.2 Å². The lowest BCUT2D eigenvalue weighted by Gasteiger charge is -2.28. The van der Waals surface area contributed by atoms with Gasteiger partial charge in [0.2, 0.25) is 0 Å². The van der Waals surface area contributed by atoms with Crippen molar-refractivity contribution in [3.05, 3.63) is 65.4 Å². The van der Waals surface area contributed by atoms with E-state index in [1.807, 2.05) is 26.8 Å². The molecule has 2 N–H and O–H groups in total. The number of halogens is 2. The van der Waals surface area contributed by atoms with Crippen LogP contribution >= 0.6 is 0 Å². The predicted molar refractivity (Wildman–Crippen MR) is 127 cm³/mol. The molecule has 0 radical (unpaired) electrons. The third kappa shape index (κ3) is 5.49. The monoisotopic (exact) mass is 501 g/mol. The number of hydrogen-bond acceptors (Lipinski definition) is 5. The fraction of sp³-hybridized carbons (Fsp3) is 0.292. The van der Waals surface area contributed by atoms with Crippen LogP contribution in [-0.2, 0) is 17.1 Å². The molecular formula is C24H25F2N5O3S. The van der Waals surface area contributed by atoms with Gasteiger partial charge in [-0.3, -0.25) is 14.2 Å². The van der Waals surface area contributed by atoms with E-state index in [9.17, 15) is 22.0 Å². The van der Waals surface area contributed by atoms with Crippen LogP contribution in [0, 0.1) is 28.4 Å². The molecule has 0 aliphatic heterocycles. The molecule has 0 saturated heterocycles. The standard InChI is InChI=1S/C24H25F2N5O3S/c1-14(24(2,3)4)28-23(32)22-21(30-35(33,34)17-9-6-15(13-27)7-10-17)20(29-31(22)5)18-11-8-16(25)12-19(18)26/h6-12,14,30H,1-5H3,(H,28,32)/t14-/m0/s1. The third-order valence-corrected chi connectivity index (χ3v) is 6.99. The van der Waals surface area contributed by atoms with Crippen molar-refractivity contribution < 1.29 is 22.0 Å². The first-order valence-corrected chi connectivity index (χ1v) is 12.1. The number of hydrogen-bond donors (Lipinski definition) is 2. The van der Waals surface area contributed by atoms with Gasteiger partial charge in [-0.05, 0) is 48.7 Å². The highest BCUT2D eigenvalue weighted by Crippen LogP contribution is 2.34. The van der Waals surface area contributed by atoms with Gasteiger partial charge in [0, 0.05) is 24.7 Å². The summed E-state index contributed by atoms with van der Waals surface area (Å²) in [5, 5.41) is 16.0. The van der Waals surface area contributed by atoms with Crippen molar-refractivity contribution >= 4 is 21.6 Å². The summed E-state index contributed by atoms with van der Waals surface area (Å²) in [5.41, 5.74) is -0.839. The van der Waals surface area contributed by atoms with E-state index in [0.29, 0.717) is 6.07 Å². The fourth-order valence-corrected chi connectivity index (χ4v) is 4.21. The maximum Gasteiger partial charge on any atom is 0.271 e. The molecule has 0 fully saturated rings. The molecule has 0 unspecified atom stereocenters. The summed E-state index contributed by atoms with van der Waals surface area (Å²) >= 11 is 0. The van der Waals surface area contributed by atoms with Crippen molar-refractivity contribution in [1.29, 1.82) is 5.26 Å². The van der Waals surface area contributed by atoms with Crippen LogP contribution in [0.3, 0.4) is 0 Å². The maximum atomic E-state index is 14.7. The molecule has 8 nitrogen and oxygen atoms in total. The zero-order chi connectivity index (χ0) is 26.1. The van der Waals surface area contributed by atoms with Gasteiger partial charge < -0.3 is 5.32 Å². The van der Waals surface area contributed by atoms with Gasteiger partial charge in [0.05, 0.1) is 16.5 Å². The molecule has 0 bridgehead atoms. The van der Waals surface area contributed by atoms with Gasteiger partial charge in [0.15, 0.2) is 5.69 Å². The maximum absolute atomic E-state index is 14.7. The number of nitrogens with one attached hydrogen (secondary N) is 2. The van der Waals surface area contributed by atoms with Crippen LogP contribution in [0.15, 0.2) is 47.4 Å². The van der Waals surface area contributed by atoms with Crippen LogP contribution < -0.4 is 10.0 Å². The Labute approximate surface area is 202 Å². The molecule has 1 aromatic heterocycles. The number of sulfonamides is 1. The molecule has 0 aliphatic carbocycles. The van der Waals surface area contributed by atoms with E-state index >= 15 is 0 Å². The Bertz CT molecular complexity index is 1420. The van der Waals surface area contributed by atoms with E-state index in [1.165, 1.54) is 31.3 Å². The second kappa shape index (κ2) is 9.46. The zero-order valence-electron chi connectivity index (χ0n) is 19.8. The minimum absolute atomic E-state index is 0.156. The van der Waals surface area contributed by atoms with Crippen molar-refractivity contribution in [3.63, 3.8) is 0 Å². The largest absolute Gasteiger partial charge is 0.348 e. The van der Waals surface area contributed by atoms with Crippen LogP contribution in [0.25, 0.3) is 11.3 Å². The Balaban J connectivity index is 2.17. The van der Waals surface area contributed by atoms with E-state index < -0.39 is 27.6 Å². The highest BCUT2D eigenvalue weighted by atomic mass is 32.2. The van der Waals surface area contributed by atoms with Gasteiger partial charge in [-0.1, -0.05) is 20.8 Å². The highest BCUT2D eigenvalue weighted by Gasteiger charge is 2.31. The van der Waals surface area contributed by atoms with Gasteiger partial charge in [0.25, 0.3) is 15.9 Å². The minimum atomic E-state index is -4.28. The third-order valence-electron chi connectivity index (χ3n) is 5.63. The lowest BCUT2D eigenvalue weighted by Crippen LogP contribution is -2.42. The Morgan fingerprint density at radius 1 is 1.14 bits per heavy atom. The van der Waals surface area contributed by atoms with Crippen LogP contribution in [0.1, 0.15) is 43.7 Å². The molecule has 184 valence electrons. The summed E-state index contributed by atoms with van der Waals surface area (Å²) in [6, 6.07) is 9.49. The van der Waals surface area contributed by atoms with Gasteiger partial charge in [-0.15, -0.1) is 0 Å². The zero-order valence-corrected chi connectivity index (χ0v) is 20.7. The molecule has 11 heteroatoms. The minimum Gasteiger partial charge on any atom is -0.348 e. The molecule has 2 aromatic carbocycles. The first-order valence-electron chi connectivity index (χ1n) is 10.6. The summed E-state index contributed by atoms with van der Waals surface area (Å²) in [6.45, 7) is 7.58. The highest BCUT2D eigenvalue weighted by molar-refractivity contribution is 7.92. The van der Waals surface area contributed by atoms with Gasteiger partial charge in [-0.2, -0.15) is 10.4 Å².